The molecule has 1 saturated heterocycles. The Balaban J connectivity index is 2.67. The molecule has 0 aliphatic carbocycles. The molecule has 0 bridgehead atoms. The normalized spacial score (nSPS) is 19.5. The maximum Gasteiger partial charge on any atom is 0.309 e. The fourth-order valence-electron chi connectivity index (χ4n) is 1.22. The number of carbonyl (C=O) groups is 3. The minimum absolute atomic E-state index is 0.172. The number of carbonyl (C=O) groups excluding carboxylic acids is 3. The first-order valence-corrected chi connectivity index (χ1v) is 5.05. The second-order valence-corrected chi connectivity index (χ2v) is 3.34. The molecule has 84 valence electrons. The van der Waals surface area contributed by atoms with Gasteiger partial charge in [-0.3, -0.25) is 14.4 Å². The van der Waals surface area contributed by atoms with Crippen LogP contribution in [0.5, 0.6) is 0 Å². The predicted octanol–water partition coefficient (Wildman–Crippen LogP) is 0.952. The van der Waals surface area contributed by atoms with Gasteiger partial charge in [-0.15, -0.1) is 0 Å². The topological polar surface area (TPSA) is 69.7 Å². The zero-order chi connectivity index (χ0) is 11.3. The highest BCUT2D eigenvalue weighted by Crippen LogP contribution is 2.11. The Bertz CT molecular complexity index is 251. The molecular formula is C10H14O5. The zero-order valence-electron chi connectivity index (χ0n) is 8.65. The molecule has 0 aromatic heterocycles. The second-order valence-electron chi connectivity index (χ2n) is 3.34. The number of rotatable bonds is 2. The van der Waals surface area contributed by atoms with Crippen molar-refractivity contribution in [1.82, 2.24) is 0 Å². The molecule has 0 atom stereocenters. The molecule has 1 aliphatic rings. The number of ether oxygens (including phenoxy) is 2. The number of ketones is 1. The first-order chi connectivity index (χ1) is 7.13. The summed E-state index contributed by atoms with van der Waals surface area (Å²) < 4.78 is 9.53. The van der Waals surface area contributed by atoms with E-state index in [2.05, 4.69) is 0 Å². The van der Waals surface area contributed by atoms with Crippen LogP contribution in [0, 0.1) is 0 Å². The fraction of sp³-hybridized carbons (Fsp3) is 0.700. The first kappa shape index (κ1) is 11.7. The SMILES string of the molecule is CCC(=O)C1OC(=O)CCCCC(=O)O1. The molecule has 0 N–H and O–H groups in total. The van der Waals surface area contributed by atoms with Crippen molar-refractivity contribution in [2.45, 2.75) is 45.3 Å². The highest BCUT2D eigenvalue weighted by atomic mass is 16.7. The van der Waals surface area contributed by atoms with Crippen molar-refractivity contribution in [2.75, 3.05) is 0 Å². The van der Waals surface area contributed by atoms with Gasteiger partial charge in [0.1, 0.15) is 0 Å². The summed E-state index contributed by atoms with van der Waals surface area (Å²) in [6.45, 7) is 1.62. The smallest absolute Gasteiger partial charge is 0.309 e. The summed E-state index contributed by atoms with van der Waals surface area (Å²) in [6.07, 6.45) is 0.453. The van der Waals surface area contributed by atoms with E-state index in [4.69, 9.17) is 9.47 Å². The summed E-state index contributed by atoms with van der Waals surface area (Å²) in [5.74, 6) is -1.37. The average Bonchev–Trinajstić information content (AvgIpc) is 2.29. The van der Waals surface area contributed by atoms with Crippen molar-refractivity contribution in [3.8, 4) is 0 Å². The van der Waals surface area contributed by atoms with Crippen molar-refractivity contribution < 1.29 is 23.9 Å². The van der Waals surface area contributed by atoms with Gasteiger partial charge in [-0.05, 0) is 12.8 Å². The molecule has 15 heavy (non-hydrogen) atoms. The fourth-order valence-corrected chi connectivity index (χ4v) is 1.22. The molecule has 0 aromatic rings. The molecule has 0 radical (unpaired) electrons. The van der Waals surface area contributed by atoms with E-state index in [0.717, 1.165) is 0 Å². The van der Waals surface area contributed by atoms with Crippen molar-refractivity contribution >= 4 is 17.7 Å². The van der Waals surface area contributed by atoms with E-state index in [1.54, 1.807) is 6.92 Å². The van der Waals surface area contributed by atoms with E-state index in [-0.39, 0.29) is 19.3 Å². The van der Waals surface area contributed by atoms with Crippen LogP contribution in [0.3, 0.4) is 0 Å². The maximum absolute atomic E-state index is 11.3. The van der Waals surface area contributed by atoms with Crippen LogP contribution in [0.1, 0.15) is 39.0 Å². The van der Waals surface area contributed by atoms with Crippen LogP contribution < -0.4 is 0 Å². The minimum Gasteiger partial charge on any atom is -0.417 e. The summed E-state index contributed by atoms with van der Waals surface area (Å²) in [5.41, 5.74) is 0. The van der Waals surface area contributed by atoms with Gasteiger partial charge in [0.25, 0.3) is 0 Å². The Morgan fingerprint density at radius 2 is 1.67 bits per heavy atom. The number of cyclic esters (lactones) is 2. The van der Waals surface area contributed by atoms with Crippen LogP contribution in [0.4, 0.5) is 0 Å². The molecule has 0 unspecified atom stereocenters. The van der Waals surface area contributed by atoms with Gasteiger partial charge in [0.2, 0.25) is 5.78 Å². The Labute approximate surface area is 87.7 Å². The van der Waals surface area contributed by atoms with Crippen LogP contribution in [0.25, 0.3) is 0 Å². The lowest BCUT2D eigenvalue weighted by molar-refractivity contribution is -0.190. The van der Waals surface area contributed by atoms with Crippen LogP contribution in [0.15, 0.2) is 0 Å². The largest absolute Gasteiger partial charge is 0.417 e. The Kier molecular flexibility index (Phi) is 4.27. The number of hydrogen-bond acceptors (Lipinski definition) is 5. The van der Waals surface area contributed by atoms with Crippen LogP contribution >= 0.6 is 0 Å². The minimum atomic E-state index is -1.34. The third kappa shape index (κ3) is 3.69. The summed E-state index contributed by atoms with van der Waals surface area (Å²) in [5, 5.41) is 0. The van der Waals surface area contributed by atoms with Crippen LogP contribution in [-0.4, -0.2) is 24.0 Å². The average molecular weight is 214 g/mol. The van der Waals surface area contributed by atoms with Gasteiger partial charge in [0, 0.05) is 19.3 Å². The molecule has 0 aromatic carbocycles. The number of hydrogen-bond donors (Lipinski definition) is 0. The third-order valence-electron chi connectivity index (χ3n) is 2.10. The second kappa shape index (κ2) is 5.48. The van der Waals surface area contributed by atoms with E-state index in [1.807, 2.05) is 0 Å². The molecule has 0 saturated carbocycles. The van der Waals surface area contributed by atoms with Gasteiger partial charge >= 0.3 is 18.2 Å². The van der Waals surface area contributed by atoms with Gasteiger partial charge < -0.3 is 9.47 Å². The standard InChI is InChI=1S/C10H14O5/c1-2-7(11)10-14-8(12)5-3-4-6-9(13)15-10/h10H,2-6H2,1H3. The van der Waals surface area contributed by atoms with E-state index < -0.39 is 24.0 Å². The van der Waals surface area contributed by atoms with Gasteiger partial charge in [-0.25, -0.2) is 0 Å². The first-order valence-electron chi connectivity index (χ1n) is 5.05. The molecule has 1 heterocycles. The van der Waals surface area contributed by atoms with E-state index >= 15 is 0 Å². The Morgan fingerprint density at radius 1 is 1.20 bits per heavy atom. The van der Waals surface area contributed by atoms with Crippen molar-refractivity contribution in [1.29, 1.82) is 0 Å². The van der Waals surface area contributed by atoms with E-state index in [0.29, 0.717) is 12.8 Å². The van der Waals surface area contributed by atoms with E-state index in [1.165, 1.54) is 0 Å². The molecule has 5 heteroatoms. The summed E-state index contributed by atoms with van der Waals surface area (Å²) in [4.78, 5) is 33.6. The van der Waals surface area contributed by atoms with E-state index in [9.17, 15) is 14.4 Å². The van der Waals surface area contributed by atoms with Gasteiger partial charge in [0.15, 0.2) is 0 Å². The van der Waals surface area contributed by atoms with Crippen molar-refractivity contribution in [2.24, 2.45) is 0 Å². The molecular weight excluding hydrogens is 200 g/mol. The van der Waals surface area contributed by atoms with Crippen molar-refractivity contribution in [3.05, 3.63) is 0 Å². The zero-order valence-corrected chi connectivity index (χ0v) is 8.65. The monoisotopic (exact) mass is 214 g/mol. The lowest BCUT2D eigenvalue weighted by Crippen LogP contribution is -2.31. The summed E-state index contributed by atoms with van der Waals surface area (Å²) in [7, 11) is 0. The molecule has 1 aliphatic heterocycles. The van der Waals surface area contributed by atoms with Crippen LogP contribution in [-0.2, 0) is 23.9 Å². The van der Waals surface area contributed by atoms with Gasteiger partial charge in [-0.1, -0.05) is 6.92 Å². The predicted molar refractivity (Wildman–Crippen MR) is 49.7 cm³/mol. The molecule has 5 nitrogen and oxygen atoms in total. The summed E-state index contributed by atoms with van der Waals surface area (Å²) in [6, 6.07) is 0. The highest BCUT2D eigenvalue weighted by molar-refractivity contribution is 5.86. The highest BCUT2D eigenvalue weighted by Gasteiger charge is 2.26. The molecule has 0 spiro atoms. The quantitative estimate of drug-likeness (QED) is 0.640. The van der Waals surface area contributed by atoms with Crippen LogP contribution in [0.2, 0.25) is 0 Å². The van der Waals surface area contributed by atoms with Crippen molar-refractivity contribution in [3.63, 3.8) is 0 Å². The lowest BCUT2D eigenvalue weighted by Gasteiger charge is -2.14. The Hall–Kier alpha value is -1.39. The third-order valence-corrected chi connectivity index (χ3v) is 2.10. The number of Topliss-reactive ketones (excluding diaryl/α,β-unsaturated/α-hetero) is 1. The molecule has 1 fully saturated rings. The summed E-state index contributed by atoms with van der Waals surface area (Å²) >= 11 is 0. The molecule has 0 amide bonds. The maximum atomic E-state index is 11.3. The molecule has 1 rings (SSSR count). The van der Waals surface area contributed by atoms with Gasteiger partial charge in [0.05, 0.1) is 0 Å². The Morgan fingerprint density at radius 3 is 2.07 bits per heavy atom. The number of esters is 2. The van der Waals surface area contributed by atoms with Gasteiger partial charge in [-0.2, -0.15) is 0 Å². The lowest BCUT2D eigenvalue weighted by atomic mass is 10.2.